The number of halogens is 2. The Morgan fingerprint density at radius 3 is 2.91 bits per heavy atom. The van der Waals surface area contributed by atoms with Crippen LogP contribution in [0.2, 0.25) is 10.0 Å². The molecule has 0 aliphatic carbocycles. The van der Waals surface area contributed by atoms with Crippen molar-refractivity contribution in [1.82, 2.24) is 9.55 Å². The monoisotopic (exact) mass is 357 g/mol. The van der Waals surface area contributed by atoms with Gasteiger partial charge in [0.15, 0.2) is 5.82 Å². The zero-order valence-electron chi connectivity index (χ0n) is 11.7. The first-order chi connectivity index (χ1) is 10.5. The van der Waals surface area contributed by atoms with E-state index in [2.05, 4.69) is 10.3 Å². The van der Waals surface area contributed by atoms with Gasteiger partial charge in [-0.25, -0.2) is 4.98 Å². The summed E-state index contributed by atoms with van der Waals surface area (Å²) in [6.45, 7) is 0. The molecule has 1 aromatic heterocycles. The summed E-state index contributed by atoms with van der Waals surface area (Å²) in [4.78, 5) is 27.4. The number of amides is 1. The SMILES string of the molecule is Cn1ccnc(NC(=O)CSCc2ccc(Cl)cc2Cl)c1=O. The third kappa shape index (κ3) is 4.50. The van der Waals surface area contributed by atoms with Gasteiger partial charge in [-0.15, -0.1) is 11.8 Å². The molecular formula is C14H13Cl2N3O2S. The van der Waals surface area contributed by atoms with Gasteiger partial charge in [0.05, 0.1) is 5.75 Å². The van der Waals surface area contributed by atoms with E-state index in [1.165, 1.54) is 28.7 Å². The van der Waals surface area contributed by atoms with Crippen LogP contribution in [0, 0.1) is 0 Å². The highest BCUT2D eigenvalue weighted by molar-refractivity contribution is 7.99. The largest absolute Gasteiger partial charge is 0.314 e. The number of nitrogens with zero attached hydrogens (tertiary/aromatic N) is 2. The van der Waals surface area contributed by atoms with Crippen molar-refractivity contribution in [3.63, 3.8) is 0 Å². The third-order valence-corrected chi connectivity index (χ3v) is 4.35. The first-order valence-electron chi connectivity index (χ1n) is 6.30. The topological polar surface area (TPSA) is 64.0 Å². The minimum absolute atomic E-state index is 0.0279. The standard InChI is InChI=1S/C14H13Cl2N3O2S/c1-19-5-4-17-13(14(19)21)18-12(20)8-22-7-9-2-3-10(15)6-11(9)16/h2-6H,7-8H2,1H3,(H,17,18,20). The fourth-order valence-corrected chi connectivity index (χ4v) is 3.03. The molecule has 0 atom stereocenters. The van der Waals surface area contributed by atoms with E-state index in [-0.39, 0.29) is 23.0 Å². The summed E-state index contributed by atoms with van der Waals surface area (Å²) in [5, 5.41) is 3.64. The van der Waals surface area contributed by atoms with E-state index >= 15 is 0 Å². The fourth-order valence-electron chi connectivity index (χ4n) is 1.64. The highest BCUT2D eigenvalue weighted by atomic mass is 35.5. The number of carbonyl (C=O) groups is 1. The van der Waals surface area contributed by atoms with Crippen LogP contribution >= 0.6 is 35.0 Å². The van der Waals surface area contributed by atoms with E-state index in [1.54, 1.807) is 19.2 Å². The van der Waals surface area contributed by atoms with E-state index in [0.717, 1.165) is 5.56 Å². The minimum atomic E-state index is -0.346. The molecule has 1 N–H and O–H groups in total. The molecule has 0 saturated carbocycles. The first-order valence-corrected chi connectivity index (χ1v) is 8.21. The van der Waals surface area contributed by atoms with Crippen LogP contribution in [0.5, 0.6) is 0 Å². The number of anilines is 1. The van der Waals surface area contributed by atoms with Crippen molar-refractivity contribution in [3.8, 4) is 0 Å². The van der Waals surface area contributed by atoms with Crippen LogP contribution in [0.15, 0.2) is 35.4 Å². The number of hydrogen-bond donors (Lipinski definition) is 1. The molecule has 0 spiro atoms. The molecule has 0 aliphatic rings. The number of benzene rings is 1. The van der Waals surface area contributed by atoms with Crippen molar-refractivity contribution < 1.29 is 4.79 Å². The van der Waals surface area contributed by atoms with E-state index in [1.807, 2.05) is 6.07 Å². The first kappa shape index (κ1) is 16.9. The Bertz CT molecular complexity index is 749. The molecule has 0 fully saturated rings. The molecule has 0 aliphatic heterocycles. The molecule has 22 heavy (non-hydrogen) atoms. The van der Waals surface area contributed by atoms with Crippen LogP contribution in [0.25, 0.3) is 0 Å². The third-order valence-electron chi connectivity index (χ3n) is 2.78. The summed E-state index contributed by atoms with van der Waals surface area (Å²) in [6.07, 6.45) is 2.98. The van der Waals surface area contributed by atoms with E-state index in [4.69, 9.17) is 23.2 Å². The second-order valence-electron chi connectivity index (χ2n) is 4.47. The van der Waals surface area contributed by atoms with Gasteiger partial charge in [-0.2, -0.15) is 0 Å². The Morgan fingerprint density at radius 2 is 2.18 bits per heavy atom. The second-order valence-corrected chi connectivity index (χ2v) is 6.30. The number of thioether (sulfide) groups is 1. The summed E-state index contributed by atoms with van der Waals surface area (Å²) in [6, 6.07) is 5.24. The molecule has 5 nitrogen and oxygen atoms in total. The lowest BCUT2D eigenvalue weighted by molar-refractivity contribution is -0.113. The Labute approximate surface area is 141 Å². The second kappa shape index (κ2) is 7.67. The van der Waals surface area contributed by atoms with Crippen LogP contribution in [0.3, 0.4) is 0 Å². The summed E-state index contributed by atoms with van der Waals surface area (Å²) in [7, 11) is 1.59. The number of nitrogens with one attached hydrogen (secondary N) is 1. The highest BCUT2D eigenvalue weighted by Gasteiger charge is 2.09. The predicted octanol–water partition coefficient (Wildman–Crippen LogP) is 2.96. The molecule has 0 saturated heterocycles. The molecule has 116 valence electrons. The average Bonchev–Trinajstić information content (AvgIpc) is 2.46. The van der Waals surface area contributed by atoms with Crippen LogP contribution in [-0.4, -0.2) is 21.2 Å². The van der Waals surface area contributed by atoms with Gasteiger partial charge in [-0.3, -0.25) is 9.59 Å². The van der Waals surface area contributed by atoms with Crippen LogP contribution in [0.1, 0.15) is 5.56 Å². The maximum Gasteiger partial charge on any atom is 0.293 e. The molecule has 2 aromatic rings. The molecular weight excluding hydrogens is 345 g/mol. The number of carbonyl (C=O) groups excluding carboxylic acids is 1. The number of rotatable bonds is 5. The molecule has 1 amide bonds. The van der Waals surface area contributed by atoms with Gasteiger partial charge >= 0.3 is 0 Å². The number of hydrogen-bond acceptors (Lipinski definition) is 4. The van der Waals surface area contributed by atoms with Gasteiger partial charge in [0, 0.05) is 35.2 Å². The summed E-state index contributed by atoms with van der Waals surface area (Å²) in [5.74, 6) is 0.508. The van der Waals surface area contributed by atoms with Gasteiger partial charge in [-0.05, 0) is 17.7 Å². The van der Waals surface area contributed by atoms with Crippen molar-refractivity contribution in [2.24, 2.45) is 7.05 Å². The molecule has 1 heterocycles. The maximum atomic E-state index is 11.8. The van der Waals surface area contributed by atoms with Gasteiger partial charge < -0.3 is 9.88 Å². The molecule has 2 rings (SSSR count). The lowest BCUT2D eigenvalue weighted by Gasteiger charge is -2.06. The summed E-state index contributed by atoms with van der Waals surface area (Å²) < 4.78 is 1.35. The van der Waals surface area contributed by atoms with Gasteiger partial charge in [0.25, 0.3) is 5.56 Å². The molecule has 0 radical (unpaired) electrons. The Kier molecular flexibility index (Phi) is 5.88. The van der Waals surface area contributed by atoms with Crippen LogP contribution in [-0.2, 0) is 17.6 Å². The molecule has 0 unspecified atom stereocenters. The van der Waals surface area contributed by atoms with E-state index in [0.29, 0.717) is 15.8 Å². The van der Waals surface area contributed by atoms with Crippen LogP contribution in [0.4, 0.5) is 5.82 Å². The lowest BCUT2D eigenvalue weighted by Crippen LogP contribution is -2.26. The van der Waals surface area contributed by atoms with E-state index in [9.17, 15) is 9.59 Å². The lowest BCUT2D eigenvalue weighted by atomic mass is 10.2. The van der Waals surface area contributed by atoms with Gasteiger partial charge in [-0.1, -0.05) is 29.3 Å². The maximum absolute atomic E-state index is 11.8. The summed E-state index contributed by atoms with van der Waals surface area (Å²) >= 11 is 13.3. The molecule has 0 bridgehead atoms. The molecule has 8 heteroatoms. The van der Waals surface area contributed by atoms with Crippen molar-refractivity contribution in [1.29, 1.82) is 0 Å². The Morgan fingerprint density at radius 1 is 1.41 bits per heavy atom. The van der Waals surface area contributed by atoms with Gasteiger partial charge in [0.1, 0.15) is 0 Å². The fraction of sp³-hybridized carbons (Fsp3) is 0.214. The summed E-state index contributed by atoms with van der Waals surface area (Å²) in [5.41, 5.74) is 0.555. The number of aryl methyl sites for hydroxylation is 1. The normalized spacial score (nSPS) is 10.5. The van der Waals surface area contributed by atoms with Gasteiger partial charge in [0.2, 0.25) is 5.91 Å². The number of aromatic nitrogens is 2. The minimum Gasteiger partial charge on any atom is -0.314 e. The van der Waals surface area contributed by atoms with Crippen molar-refractivity contribution in [2.75, 3.05) is 11.1 Å². The Hall–Kier alpha value is -1.50. The molecule has 1 aromatic carbocycles. The zero-order valence-corrected chi connectivity index (χ0v) is 14.0. The average molecular weight is 358 g/mol. The van der Waals surface area contributed by atoms with Crippen molar-refractivity contribution in [2.45, 2.75) is 5.75 Å². The zero-order chi connectivity index (χ0) is 16.1. The van der Waals surface area contributed by atoms with Crippen molar-refractivity contribution in [3.05, 3.63) is 56.6 Å². The smallest absolute Gasteiger partial charge is 0.293 e. The highest BCUT2D eigenvalue weighted by Crippen LogP contribution is 2.24. The van der Waals surface area contributed by atoms with E-state index < -0.39 is 0 Å². The van der Waals surface area contributed by atoms with Crippen molar-refractivity contribution >= 4 is 46.7 Å². The van der Waals surface area contributed by atoms with Crippen LogP contribution < -0.4 is 10.9 Å². The predicted molar refractivity (Wildman–Crippen MR) is 90.7 cm³/mol. The quantitative estimate of drug-likeness (QED) is 0.893. The Balaban J connectivity index is 1.88.